The highest BCUT2D eigenvalue weighted by Crippen LogP contribution is 2.31. The van der Waals surface area contributed by atoms with Crippen LogP contribution in [0.5, 0.6) is 0 Å². The van der Waals surface area contributed by atoms with E-state index < -0.39 is 4.92 Å². The van der Waals surface area contributed by atoms with E-state index in [1.165, 1.54) is 6.07 Å². The second kappa shape index (κ2) is 9.41. The Morgan fingerprint density at radius 1 is 1.25 bits per heavy atom. The summed E-state index contributed by atoms with van der Waals surface area (Å²) in [5.41, 5.74) is 2.30. The molecule has 0 amide bonds. The van der Waals surface area contributed by atoms with Crippen LogP contribution in [0.2, 0.25) is 0 Å². The lowest BCUT2D eigenvalue weighted by Crippen LogP contribution is -2.57. The molecule has 0 unspecified atom stereocenters. The molecule has 10 nitrogen and oxygen atoms in total. The lowest BCUT2D eigenvalue weighted by molar-refractivity contribution is -0.384. The fourth-order valence-corrected chi connectivity index (χ4v) is 4.36. The van der Waals surface area contributed by atoms with E-state index in [9.17, 15) is 14.9 Å². The molecule has 1 aliphatic heterocycles. The molecule has 32 heavy (non-hydrogen) atoms. The van der Waals surface area contributed by atoms with Crippen molar-refractivity contribution in [2.45, 2.75) is 25.9 Å². The molecular weight excluding hydrogens is 412 g/mol. The number of nitrogens with zero attached hydrogens (tertiary/aromatic N) is 5. The van der Waals surface area contributed by atoms with E-state index in [1.807, 2.05) is 12.1 Å². The third-order valence-corrected chi connectivity index (χ3v) is 5.88. The average Bonchev–Trinajstić information content (AvgIpc) is 3.21. The molecule has 0 saturated carbocycles. The Bertz CT molecular complexity index is 1100. The number of piperazine rings is 1. The Morgan fingerprint density at radius 2 is 2.03 bits per heavy atom. The monoisotopic (exact) mass is 438 g/mol. The molecule has 1 fully saturated rings. The molecule has 4 rings (SSSR count). The number of H-pyrrole nitrogens is 1. The van der Waals surface area contributed by atoms with Gasteiger partial charge in [-0.05, 0) is 32.0 Å². The first kappa shape index (κ1) is 21.8. The Kier molecular flexibility index (Phi) is 6.42. The molecular formula is C22H26N6O4. The topological polar surface area (TPSA) is 117 Å². The van der Waals surface area contributed by atoms with Gasteiger partial charge in [0.25, 0.3) is 5.69 Å². The predicted octanol–water partition coefficient (Wildman–Crippen LogP) is 2.65. The van der Waals surface area contributed by atoms with Crippen LogP contribution in [0.25, 0.3) is 22.2 Å². The number of non-ortho nitro benzene ring substituents is 1. The van der Waals surface area contributed by atoms with E-state index in [0.717, 1.165) is 42.8 Å². The van der Waals surface area contributed by atoms with Gasteiger partial charge in [-0.2, -0.15) is 5.10 Å². The second-order valence-electron chi connectivity index (χ2n) is 8.04. The van der Waals surface area contributed by atoms with Crippen molar-refractivity contribution >= 4 is 28.7 Å². The van der Waals surface area contributed by atoms with Gasteiger partial charge < -0.3 is 14.4 Å². The fourth-order valence-electron chi connectivity index (χ4n) is 4.36. The third kappa shape index (κ3) is 4.46. The highest BCUT2D eigenvalue weighted by molar-refractivity contribution is 5.94. The number of nitro benzene ring substituents is 1. The highest BCUT2D eigenvalue weighted by atomic mass is 16.6. The maximum atomic E-state index is 11.2. The normalized spacial score (nSPS) is 19.4. The van der Waals surface area contributed by atoms with Gasteiger partial charge in [0.2, 0.25) is 0 Å². The Morgan fingerprint density at radius 3 is 2.75 bits per heavy atom. The summed E-state index contributed by atoms with van der Waals surface area (Å²) in [5, 5.41) is 19.3. The van der Waals surface area contributed by atoms with Gasteiger partial charge in [0, 0.05) is 61.0 Å². The quantitative estimate of drug-likeness (QED) is 0.247. The molecule has 0 aliphatic carbocycles. The largest absolute Gasteiger partial charge is 0.373 e. The van der Waals surface area contributed by atoms with E-state index in [2.05, 4.69) is 38.8 Å². The number of rotatable bonds is 8. The number of aromatic amines is 1. The molecule has 1 N–H and O–H groups in total. The lowest BCUT2D eigenvalue weighted by Gasteiger charge is -2.45. The zero-order valence-corrected chi connectivity index (χ0v) is 18.1. The molecule has 1 aromatic carbocycles. The summed E-state index contributed by atoms with van der Waals surface area (Å²) in [6.07, 6.45) is 2.52. The smallest absolute Gasteiger partial charge is 0.270 e. The number of pyridine rings is 1. The van der Waals surface area contributed by atoms with Crippen molar-refractivity contribution < 1.29 is 14.5 Å². The molecule has 1 aliphatic rings. The number of nitro groups is 1. The number of nitrogens with one attached hydrogen (secondary N) is 1. The summed E-state index contributed by atoms with van der Waals surface area (Å²) < 4.78 is 5.32. The molecule has 0 spiro atoms. The Hall–Kier alpha value is -3.37. The zero-order chi connectivity index (χ0) is 22.7. The number of ether oxygens (including phenoxy) is 1. The van der Waals surface area contributed by atoms with Crippen LogP contribution >= 0.6 is 0 Å². The second-order valence-corrected chi connectivity index (χ2v) is 8.04. The Labute approximate surface area is 185 Å². The number of anilines is 1. The van der Waals surface area contributed by atoms with Crippen molar-refractivity contribution in [3.63, 3.8) is 0 Å². The number of carbonyl (C=O) groups excluding carboxylic acids is 1. The van der Waals surface area contributed by atoms with E-state index in [-0.39, 0.29) is 24.4 Å². The summed E-state index contributed by atoms with van der Waals surface area (Å²) in [6.45, 7) is 7.39. The molecule has 10 heteroatoms. The molecule has 2 atom stereocenters. The van der Waals surface area contributed by atoms with Crippen molar-refractivity contribution in [1.29, 1.82) is 0 Å². The molecule has 0 bridgehead atoms. The first-order valence-electron chi connectivity index (χ1n) is 10.6. The highest BCUT2D eigenvalue weighted by Gasteiger charge is 2.30. The van der Waals surface area contributed by atoms with Gasteiger partial charge in [-0.15, -0.1) is 0 Å². The van der Waals surface area contributed by atoms with Gasteiger partial charge in [0.05, 0.1) is 17.0 Å². The minimum absolute atomic E-state index is 0.0327. The number of aromatic nitrogens is 3. The summed E-state index contributed by atoms with van der Waals surface area (Å²) in [6, 6.07) is 9.12. The number of hydrogen-bond donors (Lipinski definition) is 1. The predicted molar refractivity (Wildman–Crippen MR) is 121 cm³/mol. The summed E-state index contributed by atoms with van der Waals surface area (Å²) in [4.78, 5) is 30.4. The summed E-state index contributed by atoms with van der Waals surface area (Å²) in [5.74, 6) is 0.847. The molecule has 3 heterocycles. The minimum Gasteiger partial charge on any atom is -0.373 e. The zero-order valence-electron chi connectivity index (χ0n) is 18.1. The number of carbonyl (C=O) groups is 1. The maximum Gasteiger partial charge on any atom is 0.270 e. The van der Waals surface area contributed by atoms with E-state index in [1.54, 1.807) is 18.3 Å². The summed E-state index contributed by atoms with van der Waals surface area (Å²) >= 11 is 0. The van der Waals surface area contributed by atoms with E-state index in [4.69, 9.17) is 4.74 Å². The third-order valence-electron chi connectivity index (χ3n) is 5.88. The minimum atomic E-state index is -0.402. The van der Waals surface area contributed by atoms with Crippen LogP contribution < -0.4 is 4.90 Å². The molecule has 3 aromatic rings. The van der Waals surface area contributed by atoms with Crippen LogP contribution in [-0.2, 0) is 9.53 Å². The van der Waals surface area contributed by atoms with Gasteiger partial charge in [0.15, 0.2) is 0 Å². The van der Waals surface area contributed by atoms with Crippen LogP contribution in [0.1, 0.15) is 13.8 Å². The van der Waals surface area contributed by atoms with Gasteiger partial charge in [-0.3, -0.25) is 20.1 Å². The van der Waals surface area contributed by atoms with Gasteiger partial charge in [-0.25, -0.2) is 4.98 Å². The number of fused-ring (bicyclic) bond motifs is 1. The van der Waals surface area contributed by atoms with E-state index >= 15 is 0 Å². The number of hydrogen-bond acceptors (Lipinski definition) is 8. The van der Waals surface area contributed by atoms with Crippen LogP contribution in [0.3, 0.4) is 0 Å². The van der Waals surface area contributed by atoms with Gasteiger partial charge >= 0.3 is 0 Å². The van der Waals surface area contributed by atoms with Crippen molar-refractivity contribution in [2.24, 2.45) is 0 Å². The van der Waals surface area contributed by atoms with Crippen molar-refractivity contribution in [2.75, 3.05) is 37.7 Å². The van der Waals surface area contributed by atoms with Crippen molar-refractivity contribution in [3.8, 4) is 11.3 Å². The number of aldehydes is 1. The van der Waals surface area contributed by atoms with E-state index in [0.29, 0.717) is 17.7 Å². The van der Waals surface area contributed by atoms with Crippen LogP contribution in [-0.4, -0.2) is 76.2 Å². The first-order valence-corrected chi connectivity index (χ1v) is 10.6. The lowest BCUT2D eigenvalue weighted by atomic mass is 10.1. The van der Waals surface area contributed by atoms with Crippen molar-refractivity contribution in [3.05, 3.63) is 46.6 Å². The maximum absolute atomic E-state index is 11.2. The number of benzene rings is 1. The molecule has 168 valence electrons. The van der Waals surface area contributed by atoms with Gasteiger partial charge in [-0.1, -0.05) is 0 Å². The van der Waals surface area contributed by atoms with Crippen LogP contribution in [0.15, 0.2) is 36.5 Å². The summed E-state index contributed by atoms with van der Waals surface area (Å²) in [7, 11) is 0. The standard InChI is InChI=1S/C22H26N6O4/c1-15-13-26(14-16(2)27(15)7-9-32-10-8-29)21-11-17(5-6-23-21)22-19-12-18(28(30)31)3-4-20(19)24-25-22/h3-6,8,11-12,15-16H,7,9-10,13-14H2,1-2H3,(H,24,25)/t15-,16+. The molecule has 1 saturated heterocycles. The Balaban J connectivity index is 1.54. The first-order chi connectivity index (χ1) is 15.5. The van der Waals surface area contributed by atoms with Gasteiger partial charge in [0.1, 0.15) is 24.4 Å². The van der Waals surface area contributed by atoms with Crippen molar-refractivity contribution in [1.82, 2.24) is 20.1 Å². The van der Waals surface area contributed by atoms with Crippen LogP contribution in [0, 0.1) is 10.1 Å². The average molecular weight is 438 g/mol. The molecule has 2 aromatic heterocycles. The molecule has 0 radical (unpaired) electrons. The van der Waals surface area contributed by atoms with Crippen LogP contribution in [0.4, 0.5) is 11.5 Å². The SMILES string of the molecule is C[C@@H]1CN(c2cc(-c3n[nH]c4ccc([N+](=O)[O-])cc34)ccn2)C[C@H](C)N1CCOCC=O. The fraction of sp³-hybridized carbons (Fsp3) is 0.409.